The van der Waals surface area contributed by atoms with Gasteiger partial charge < -0.3 is 15.0 Å². The smallest absolute Gasteiger partial charge is 0.409 e. The minimum atomic E-state index is -0.377. The largest absolute Gasteiger partial charge is 0.448 e. The number of nitrogens with zero attached hydrogens (tertiary/aromatic N) is 1. The van der Waals surface area contributed by atoms with Crippen molar-refractivity contribution < 1.29 is 14.3 Å². The van der Waals surface area contributed by atoms with Gasteiger partial charge in [0.2, 0.25) is 5.91 Å². The number of halogens is 2. The summed E-state index contributed by atoms with van der Waals surface area (Å²) in [4.78, 5) is 24.4. The summed E-state index contributed by atoms with van der Waals surface area (Å²) in [6.45, 7) is 1.23. The predicted molar refractivity (Wildman–Crippen MR) is 72.6 cm³/mol. The van der Waals surface area contributed by atoms with Gasteiger partial charge in [-0.3, -0.25) is 4.79 Å². The lowest BCUT2D eigenvalue weighted by Gasteiger charge is -2.12. The first-order valence-electron chi connectivity index (χ1n) is 5.73. The van der Waals surface area contributed by atoms with Gasteiger partial charge in [-0.15, -0.1) is 0 Å². The SMILES string of the molecule is O=C(CCN1CCOC1=O)Nc1ccc(Cl)cc1Cl. The molecule has 0 radical (unpaired) electrons. The van der Waals surface area contributed by atoms with E-state index in [0.29, 0.717) is 35.4 Å². The number of carbonyl (C=O) groups is 2. The summed E-state index contributed by atoms with van der Waals surface area (Å²) in [5.41, 5.74) is 0.500. The lowest BCUT2D eigenvalue weighted by atomic mass is 10.3. The van der Waals surface area contributed by atoms with Gasteiger partial charge in [-0.05, 0) is 18.2 Å². The first-order valence-corrected chi connectivity index (χ1v) is 6.48. The van der Waals surface area contributed by atoms with Crippen molar-refractivity contribution in [2.24, 2.45) is 0 Å². The van der Waals surface area contributed by atoms with Crippen LogP contribution in [0.15, 0.2) is 18.2 Å². The van der Waals surface area contributed by atoms with Crippen LogP contribution in [0.25, 0.3) is 0 Å². The number of amides is 2. The molecule has 0 unspecified atom stereocenters. The van der Waals surface area contributed by atoms with Crippen molar-refractivity contribution in [2.75, 3.05) is 25.0 Å². The molecule has 1 fully saturated rings. The minimum absolute atomic E-state index is 0.189. The van der Waals surface area contributed by atoms with E-state index < -0.39 is 0 Å². The first-order chi connectivity index (χ1) is 9.06. The molecule has 19 heavy (non-hydrogen) atoms. The average Bonchev–Trinajstić information content (AvgIpc) is 2.76. The molecule has 1 aromatic rings. The maximum atomic E-state index is 11.7. The van der Waals surface area contributed by atoms with E-state index in [0.717, 1.165) is 0 Å². The standard InChI is InChI=1S/C12H12Cl2N2O3/c13-8-1-2-10(9(14)7-8)15-11(17)3-4-16-5-6-19-12(16)18/h1-2,7H,3-6H2,(H,15,17). The van der Waals surface area contributed by atoms with Crippen LogP contribution in [-0.4, -0.2) is 36.6 Å². The summed E-state index contributed by atoms with van der Waals surface area (Å²) in [6, 6.07) is 4.82. The normalized spacial score (nSPS) is 14.4. The summed E-state index contributed by atoms with van der Waals surface area (Å²) in [7, 11) is 0. The van der Waals surface area contributed by atoms with Gasteiger partial charge in [0.05, 0.1) is 17.3 Å². The summed E-state index contributed by atoms with van der Waals surface area (Å²) < 4.78 is 4.77. The van der Waals surface area contributed by atoms with Gasteiger partial charge in [-0.1, -0.05) is 23.2 Å². The molecule has 102 valence electrons. The molecule has 0 bridgehead atoms. The second kappa shape index (κ2) is 6.12. The number of rotatable bonds is 4. The van der Waals surface area contributed by atoms with Crippen LogP contribution in [0.5, 0.6) is 0 Å². The Morgan fingerprint density at radius 1 is 1.42 bits per heavy atom. The number of nitrogens with one attached hydrogen (secondary N) is 1. The van der Waals surface area contributed by atoms with Crippen molar-refractivity contribution >= 4 is 40.9 Å². The number of cyclic esters (lactones) is 1. The van der Waals surface area contributed by atoms with Gasteiger partial charge in [-0.2, -0.15) is 0 Å². The Bertz CT molecular complexity index is 508. The Morgan fingerprint density at radius 2 is 2.21 bits per heavy atom. The second-order valence-electron chi connectivity index (χ2n) is 4.02. The fourth-order valence-electron chi connectivity index (χ4n) is 1.67. The van der Waals surface area contributed by atoms with Crippen LogP contribution in [0, 0.1) is 0 Å². The highest BCUT2D eigenvalue weighted by Crippen LogP contribution is 2.25. The van der Waals surface area contributed by atoms with E-state index in [9.17, 15) is 9.59 Å². The van der Waals surface area contributed by atoms with E-state index in [-0.39, 0.29) is 18.4 Å². The van der Waals surface area contributed by atoms with Crippen molar-refractivity contribution in [3.63, 3.8) is 0 Å². The molecule has 0 saturated carbocycles. The predicted octanol–water partition coefficient (Wildman–Crippen LogP) is 2.77. The van der Waals surface area contributed by atoms with Gasteiger partial charge >= 0.3 is 6.09 Å². The Kier molecular flexibility index (Phi) is 4.50. The van der Waals surface area contributed by atoms with Gasteiger partial charge in [0, 0.05) is 18.0 Å². The Balaban J connectivity index is 1.85. The number of anilines is 1. The van der Waals surface area contributed by atoms with Crippen LogP contribution in [0.2, 0.25) is 10.0 Å². The number of ether oxygens (including phenoxy) is 1. The maximum Gasteiger partial charge on any atom is 0.409 e. The van der Waals surface area contributed by atoms with Crippen LogP contribution in [0.1, 0.15) is 6.42 Å². The zero-order valence-electron chi connectivity index (χ0n) is 9.99. The zero-order chi connectivity index (χ0) is 13.8. The van der Waals surface area contributed by atoms with Crippen molar-refractivity contribution in [1.82, 2.24) is 4.90 Å². The average molecular weight is 303 g/mol. The summed E-state index contributed by atoms with van der Waals surface area (Å²) >= 11 is 11.7. The van der Waals surface area contributed by atoms with Gasteiger partial charge in [0.15, 0.2) is 0 Å². The molecule has 1 N–H and O–H groups in total. The third-order valence-electron chi connectivity index (χ3n) is 2.66. The van der Waals surface area contributed by atoms with Gasteiger partial charge in [0.25, 0.3) is 0 Å². The maximum absolute atomic E-state index is 11.7. The van der Waals surface area contributed by atoms with E-state index in [2.05, 4.69) is 5.32 Å². The topological polar surface area (TPSA) is 58.6 Å². The van der Waals surface area contributed by atoms with E-state index >= 15 is 0 Å². The molecule has 0 atom stereocenters. The number of hydrogen-bond donors (Lipinski definition) is 1. The molecule has 0 aromatic heterocycles. The summed E-state index contributed by atoms with van der Waals surface area (Å²) in [5.74, 6) is -0.219. The Labute approximate surface area is 120 Å². The summed E-state index contributed by atoms with van der Waals surface area (Å²) in [5, 5.41) is 3.55. The third-order valence-corrected chi connectivity index (χ3v) is 3.21. The molecule has 1 aliphatic heterocycles. The van der Waals surface area contributed by atoms with Crippen LogP contribution in [-0.2, 0) is 9.53 Å². The molecule has 2 rings (SSSR count). The Hall–Kier alpha value is -1.46. The minimum Gasteiger partial charge on any atom is -0.448 e. The molecule has 2 amide bonds. The third kappa shape index (κ3) is 3.75. The molecule has 1 heterocycles. The van der Waals surface area contributed by atoms with Gasteiger partial charge in [-0.25, -0.2) is 4.79 Å². The summed E-state index contributed by atoms with van der Waals surface area (Å²) in [6.07, 6.45) is -0.189. The fraction of sp³-hybridized carbons (Fsp3) is 0.333. The molecule has 0 spiro atoms. The van der Waals surface area contributed by atoms with E-state index in [4.69, 9.17) is 27.9 Å². The van der Waals surface area contributed by atoms with Crippen molar-refractivity contribution in [3.8, 4) is 0 Å². The van der Waals surface area contributed by atoms with Crippen molar-refractivity contribution in [2.45, 2.75) is 6.42 Å². The fourth-order valence-corrected chi connectivity index (χ4v) is 2.12. The molecule has 1 aromatic carbocycles. The first kappa shape index (κ1) is 14.0. The quantitative estimate of drug-likeness (QED) is 0.930. The zero-order valence-corrected chi connectivity index (χ0v) is 11.5. The highest BCUT2D eigenvalue weighted by molar-refractivity contribution is 6.36. The van der Waals surface area contributed by atoms with E-state index in [1.54, 1.807) is 18.2 Å². The number of carbonyl (C=O) groups excluding carboxylic acids is 2. The molecular formula is C12H12Cl2N2O3. The number of hydrogen-bond acceptors (Lipinski definition) is 3. The van der Waals surface area contributed by atoms with Crippen molar-refractivity contribution in [1.29, 1.82) is 0 Å². The van der Waals surface area contributed by atoms with Crippen molar-refractivity contribution in [3.05, 3.63) is 28.2 Å². The van der Waals surface area contributed by atoms with Crippen LogP contribution in [0.3, 0.4) is 0 Å². The van der Waals surface area contributed by atoms with E-state index in [1.807, 2.05) is 0 Å². The molecular weight excluding hydrogens is 291 g/mol. The highest BCUT2D eigenvalue weighted by Gasteiger charge is 2.22. The Morgan fingerprint density at radius 3 is 2.84 bits per heavy atom. The molecule has 0 aliphatic carbocycles. The van der Waals surface area contributed by atoms with Crippen LogP contribution >= 0.6 is 23.2 Å². The molecule has 7 heteroatoms. The molecule has 5 nitrogen and oxygen atoms in total. The molecule has 1 saturated heterocycles. The lowest BCUT2D eigenvalue weighted by molar-refractivity contribution is -0.116. The number of benzene rings is 1. The van der Waals surface area contributed by atoms with Crippen LogP contribution in [0.4, 0.5) is 10.5 Å². The second-order valence-corrected chi connectivity index (χ2v) is 4.87. The monoisotopic (exact) mass is 302 g/mol. The van der Waals surface area contributed by atoms with E-state index in [1.165, 1.54) is 4.90 Å². The van der Waals surface area contributed by atoms with Crippen LogP contribution < -0.4 is 5.32 Å². The lowest BCUT2D eigenvalue weighted by Crippen LogP contribution is -2.28. The molecule has 1 aliphatic rings. The highest BCUT2D eigenvalue weighted by atomic mass is 35.5. The van der Waals surface area contributed by atoms with Gasteiger partial charge in [0.1, 0.15) is 6.61 Å².